The Hall–Kier alpha value is -3.06. The maximum absolute atomic E-state index is 13.3. The van der Waals surface area contributed by atoms with Crippen molar-refractivity contribution in [2.75, 3.05) is 20.2 Å². The van der Waals surface area contributed by atoms with Crippen LogP contribution in [-0.2, 0) is 4.74 Å². The molecule has 1 amide bonds. The molecule has 1 aliphatic rings. The number of methoxy groups -OCH3 is 1. The molecule has 0 bridgehead atoms. The van der Waals surface area contributed by atoms with Crippen molar-refractivity contribution in [1.82, 2.24) is 14.7 Å². The molecule has 146 valence electrons. The van der Waals surface area contributed by atoms with Crippen molar-refractivity contribution in [1.29, 1.82) is 0 Å². The molecule has 1 aliphatic heterocycles. The van der Waals surface area contributed by atoms with E-state index in [-0.39, 0.29) is 18.1 Å². The highest BCUT2D eigenvalue weighted by Gasteiger charge is 2.29. The van der Waals surface area contributed by atoms with Crippen molar-refractivity contribution in [3.63, 3.8) is 0 Å². The molecule has 0 saturated carbocycles. The first kappa shape index (κ1) is 18.3. The van der Waals surface area contributed by atoms with Crippen LogP contribution in [0.5, 0.6) is 5.75 Å². The van der Waals surface area contributed by atoms with Gasteiger partial charge in [0.25, 0.3) is 5.91 Å². The Morgan fingerprint density at radius 2 is 1.86 bits per heavy atom. The minimum absolute atomic E-state index is 0.00500. The number of furan rings is 1. The first-order chi connectivity index (χ1) is 13.5. The van der Waals surface area contributed by atoms with E-state index in [1.54, 1.807) is 30.2 Å². The zero-order valence-corrected chi connectivity index (χ0v) is 16.2. The Bertz CT molecular complexity index is 937. The van der Waals surface area contributed by atoms with Gasteiger partial charge in [0.1, 0.15) is 17.1 Å². The normalized spacial score (nSPS) is 19.6. The number of morpholine rings is 1. The summed E-state index contributed by atoms with van der Waals surface area (Å²) in [6, 6.07) is 12.8. The molecule has 0 radical (unpaired) electrons. The summed E-state index contributed by atoms with van der Waals surface area (Å²) in [5.74, 6) is 1.28. The molecule has 1 fully saturated rings. The summed E-state index contributed by atoms with van der Waals surface area (Å²) in [6.45, 7) is 5.05. The van der Waals surface area contributed by atoms with Crippen LogP contribution in [0, 0.1) is 0 Å². The lowest BCUT2D eigenvalue weighted by molar-refractivity contribution is -0.0588. The first-order valence-electron chi connectivity index (χ1n) is 9.28. The SMILES string of the molecule is COc1ccc(-n2nc(-c3ccco3)cc2C(=O)N2C[C@@H](C)O[C@@H](C)C2)cc1. The summed E-state index contributed by atoms with van der Waals surface area (Å²) in [4.78, 5) is 15.2. The van der Waals surface area contributed by atoms with Crippen molar-refractivity contribution < 1.29 is 18.7 Å². The van der Waals surface area contributed by atoms with Crippen molar-refractivity contribution in [2.24, 2.45) is 0 Å². The molecular weight excluding hydrogens is 358 g/mol. The largest absolute Gasteiger partial charge is 0.497 e. The van der Waals surface area contributed by atoms with E-state index in [4.69, 9.17) is 13.9 Å². The van der Waals surface area contributed by atoms with Crippen LogP contribution in [-0.4, -0.2) is 53.0 Å². The summed E-state index contributed by atoms with van der Waals surface area (Å²) in [7, 11) is 1.62. The second-order valence-electron chi connectivity index (χ2n) is 6.97. The zero-order chi connectivity index (χ0) is 19.7. The Morgan fingerprint density at radius 3 is 2.46 bits per heavy atom. The van der Waals surface area contributed by atoms with Gasteiger partial charge in [0.15, 0.2) is 5.76 Å². The molecule has 2 aromatic heterocycles. The molecule has 3 aromatic rings. The third kappa shape index (κ3) is 3.53. The van der Waals surface area contributed by atoms with Crippen LogP contribution in [0.25, 0.3) is 17.1 Å². The molecule has 1 aromatic carbocycles. The molecule has 2 atom stereocenters. The molecule has 0 unspecified atom stereocenters. The summed E-state index contributed by atoms with van der Waals surface area (Å²) < 4.78 is 18.1. The van der Waals surface area contributed by atoms with Gasteiger partial charge in [-0.3, -0.25) is 4.79 Å². The Balaban J connectivity index is 1.74. The van der Waals surface area contributed by atoms with Gasteiger partial charge in [0, 0.05) is 19.2 Å². The highest BCUT2D eigenvalue weighted by molar-refractivity contribution is 5.94. The van der Waals surface area contributed by atoms with E-state index in [0.717, 1.165) is 11.4 Å². The Kier molecular flexibility index (Phi) is 4.92. The average Bonchev–Trinajstić information content (AvgIpc) is 3.36. The predicted molar refractivity (Wildman–Crippen MR) is 104 cm³/mol. The van der Waals surface area contributed by atoms with Crippen molar-refractivity contribution in [2.45, 2.75) is 26.1 Å². The topological polar surface area (TPSA) is 69.7 Å². The molecule has 0 aliphatic carbocycles. The second-order valence-corrected chi connectivity index (χ2v) is 6.97. The second kappa shape index (κ2) is 7.52. The van der Waals surface area contributed by atoms with Crippen LogP contribution >= 0.6 is 0 Å². The maximum Gasteiger partial charge on any atom is 0.272 e. The number of hydrogen-bond donors (Lipinski definition) is 0. The molecule has 3 heterocycles. The first-order valence-corrected chi connectivity index (χ1v) is 9.28. The zero-order valence-electron chi connectivity index (χ0n) is 16.2. The lowest BCUT2D eigenvalue weighted by atomic mass is 10.2. The third-order valence-corrected chi connectivity index (χ3v) is 4.73. The van der Waals surface area contributed by atoms with Crippen LogP contribution in [0.2, 0.25) is 0 Å². The number of aromatic nitrogens is 2. The fraction of sp³-hybridized carbons (Fsp3) is 0.333. The minimum atomic E-state index is -0.0804. The lowest BCUT2D eigenvalue weighted by Gasteiger charge is -2.35. The van der Waals surface area contributed by atoms with E-state index < -0.39 is 0 Å². The molecule has 7 heteroatoms. The predicted octanol–water partition coefficient (Wildman–Crippen LogP) is 3.39. The minimum Gasteiger partial charge on any atom is -0.497 e. The third-order valence-electron chi connectivity index (χ3n) is 4.73. The number of ether oxygens (including phenoxy) is 2. The molecule has 7 nitrogen and oxygen atoms in total. The van der Waals surface area contributed by atoms with Crippen LogP contribution in [0.15, 0.2) is 53.1 Å². The standard InChI is InChI=1S/C21H23N3O4/c1-14-12-23(13-15(2)28-14)21(25)19-11-18(20-5-4-10-27-20)22-24(19)16-6-8-17(26-3)9-7-16/h4-11,14-15H,12-13H2,1-3H3/t14-,15+. The maximum atomic E-state index is 13.3. The fourth-order valence-corrected chi connectivity index (χ4v) is 3.50. The molecule has 1 saturated heterocycles. The van der Waals surface area contributed by atoms with E-state index in [2.05, 4.69) is 5.10 Å². The van der Waals surface area contributed by atoms with Gasteiger partial charge in [-0.2, -0.15) is 5.10 Å². The molecule has 28 heavy (non-hydrogen) atoms. The van der Waals surface area contributed by atoms with Gasteiger partial charge < -0.3 is 18.8 Å². The van der Waals surface area contributed by atoms with Gasteiger partial charge in [-0.05, 0) is 50.2 Å². The van der Waals surface area contributed by atoms with Gasteiger partial charge in [-0.25, -0.2) is 4.68 Å². The summed E-state index contributed by atoms with van der Waals surface area (Å²) in [5.41, 5.74) is 1.87. The van der Waals surface area contributed by atoms with Gasteiger partial charge in [-0.1, -0.05) is 0 Å². The Labute approximate surface area is 163 Å². The molecular formula is C21H23N3O4. The van der Waals surface area contributed by atoms with Crippen molar-refractivity contribution in [3.8, 4) is 22.9 Å². The highest BCUT2D eigenvalue weighted by Crippen LogP contribution is 2.25. The number of rotatable bonds is 4. The van der Waals surface area contributed by atoms with Crippen LogP contribution in [0.3, 0.4) is 0 Å². The monoisotopic (exact) mass is 381 g/mol. The Morgan fingerprint density at radius 1 is 1.14 bits per heavy atom. The summed E-state index contributed by atoms with van der Waals surface area (Å²) in [5, 5.41) is 4.64. The van der Waals surface area contributed by atoms with Crippen LogP contribution < -0.4 is 4.74 Å². The van der Waals surface area contributed by atoms with Crippen molar-refractivity contribution in [3.05, 3.63) is 54.4 Å². The molecule has 4 rings (SSSR count). The van der Waals surface area contributed by atoms with Gasteiger partial charge in [0.05, 0.1) is 31.3 Å². The number of benzene rings is 1. The lowest BCUT2D eigenvalue weighted by Crippen LogP contribution is -2.48. The molecule has 0 spiro atoms. The average molecular weight is 381 g/mol. The summed E-state index contributed by atoms with van der Waals surface area (Å²) >= 11 is 0. The highest BCUT2D eigenvalue weighted by atomic mass is 16.5. The number of hydrogen-bond acceptors (Lipinski definition) is 5. The number of amides is 1. The smallest absolute Gasteiger partial charge is 0.272 e. The van der Waals surface area contributed by atoms with E-state index in [1.165, 1.54) is 0 Å². The number of carbonyl (C=O) groups excluding carboxylic acids is 1. The number of carbonyl (C=O) groups is 1. The number of nitrogens with zero attached hydrogens (tertiary/aromatic N) is 3. The fourth-order valence-electron chi connectivity index (χ4n) is 3.50. The van der Waals surface area contributed by atoms with Crippen molar-refractivity contribution >= 4 is 5.91 Å². The van der Waals surface area contributed by atoms with E-state index in [0.29, 0.717) is 30.2 Å². The van der Waals surface area contributed by atoms with E-state index in [9.17, 15) is 4.79 Å². The summed E-state index contributed by atoms with van der Waals surface area (Å²) in [6.07, 6.45) is 1.58. The molecule has 0 N–H and O–H groups in total. The van der Waals surface area contributed by atoms with Crippen LogP contribution in [0.4, 0.5) is 0 Å². The quantitative estimate of drug-likeness (QED) is 0.693. The van der Waals surface area contributed by atoms with Gasteiger partial charge in [0.2, 0.25) is 0 Å². The van der Waals surface area contributed by atoms with Gasteiger partial charge in [-0.15, -0.1) is 0 Å². The van der Waals surface area contributed by atoms with Crippen LogP contribution in [0.1, 0.15) is 24.3 Å². The van der Waals surface area contributed by atoms with E-state index in [1.807, 2.05) is 49.1 Å². The van der Waals surface area contributed by atoms with E-state index >= 15 is 0 Å². The van der Waals surface area contributed by atoms with Gasteiger partial charge >= 0.3 is 0 Å².